The molecule has 0 saturated heterocycles. The summed E-state index contributed by atoms with van der Waals surface area (Å²) in [6.07, 6.45) is 0. The zero-order valence-corrected chi connectivity index (χ0v) is 13.2. The fraction of sp³-hybridized carbons (Fsp3) is 0.111. The number of benzene rings is 3. The van der Waals surface area contributed by atoms with Crippen LogP contribution in [-0.4, -0.2) is 6.54 Å². The summed E-state index contributed by atoms with van der Waals surface area (Å²) in [7, 11) is 0. The molecule has 0 aliphatic carbocycles. The van der Waals surface area contributed by atoms with Crippen LogP contribution in [0.15, 0.2) is 71.2 Å². The van der Waals surface area contributed by atoms with Gasteiger partial charge < -0.3 is 11.1 Å². The summed E-state index contributed by atoms with van der Waals surface area (Å²) in [4.78, 5) is 0. The Kier molecular flexibility index (Phi) is 4.23. The van der Waals surface area contributed by atoms with Gasteiger partial charge in [0.1, 0.15) is 0 Å². The van der Waals surface area contributed by atoms with Gasteiger partial charge in [-0.25, -0.2) is 0 Å². The smallest absolute Gasteiger partial charge is 0.0636 e. The van der Waals surface area contributed by atoms with Crippen molar-refractivity contribution < 1.29 is 0 Å². The van der Waals surface area contributed by atoms with E-state index < -0.39 is 0 Å². The van der Waals surface area contributed by atoms with Gasteiger partial charge in [0.2, 0.25) is 0 Å². The van der Waals surface area contributed by atoms with Crippen LogP contribution < -0.4 is 11.1 Å². The average Bonchev–Trinajstić information content (AvgIpc) is 2.54. The molecule has 3 heteroatoms. The van der Waals surface area contributed by atoms with Crippen molar-refractivity contribution in [2.45, 2.75) is 6.04 Å². The molecule has 0 fully saturated rings. The van der Waals surface area contributed by atoms with E-state index in [2.05, 4.69) is 63.7 Å². The average molecular weight is 341 g/mol. The molecule has 1 atom stereocenters. The number of hydrogen-bond acceptors (Lipinski definition) is 2. The maximum atomic E-state index is 5.97. The topological polar surface area (TPSA) is 38.0 Å². The van der Waals surface area contributed by atoms with Crippen LogP contribution in [0.2, 0.25) is 0 Å². The molecule has 0 spiro atoms. The minimum Gasteiger partial charge on any atom is -0.376 e. The number of nitrogens with two attached hydrogens (primary N) is 1. The molecule has 0 aromatic heterocycles. The molecule has 3 rings (SSSR count). The standard InChI is InChI=1S/C18H17BrN2/c19-16-7-3-4-8-17(16)21-18(12-20)15-10-9-13-5-1-2-6-14(13)11-15/h1-11,18,21H,12,20H2. The molecule has 106 valence electrons. The van der Waals surface area contributed by atoms with Gasteiger partial charge in [0.05, 0.1) is 6.04 Å². The summed E-state index contributed by atoms with van der Waals surface area (Å²) >= 11 is 3.56. The van der Waals surface area contributed by atoms with Crippen molar-refractivity contribution in [3.05, 3.63) is 76.8 Å². The molecule has 3 aromatic rings. The Morgan fingerprint density at radius 1 is 0.905 bits per heavy atom. The van der Waals surface area contributed by atoms with E-state index in [1.54, 1.807) is 0 Å². The zero-order chi connectivity index (χ0) is 14.7. The van der Waals surface area contributed by atoms with E-state index in [1.807, 2.05) is 24.3 Å². The third kappa shape index (κ3) is 3.09. The molecule has 3 aromatic carbocycles. The van der Waals surface area contributed by atoms with Gasteiger partial charge in [-0.15, -0.1) is 0 Å². The van der Waals surface area contributed by atoms with Crippen molar-refractivity contribution in [2.75, 3.05) is 11.9 Å². The Morgan fingerprint density at radius 2 is 1.62 bits per heavy atom. The largest absolute Gasteiger partial charge is 0.376 e. The molecular weight excluding hydrogens is 324 g/mol. The van der Waals surface area contributed by atoms with Gasteiger partial charge in [0.15, 0.2) is 0 Å². The normalized spacial score (nSPS) is 12.3. The Bertz CT molecular complexity index is 755. The van der Waals surface area contributed by atoms with Crippen LogP contribution in [0, 0.1) is 0 Å². The molecule has 0 aliphatic heterocycles. The number of para-hydroxylation sites is 1. The Labute approximate surface area is 133 Å². The van der Waals surface area contributed by atoms with Crippen LogP contribution in [0.1, 0.15) is 11.6 Å². The quantitative estimate of drug-likeness (QED) is 0.721. The highest BCUT2D eigenvalue weighted by atomic mass is 79.9. The van der Waals surface area contributed by atoms with E-state index >= 15 is 0 Å². The second-order valence-electron chi connectivity index (χ2n) is 5.02. The van der Waals surface area contributed by atoms with Crippen LogP contribution in [0.5, 0.6) is 0 Å². The lowest BCUT2D eigenvalue weighted by atomic mass is 10.0. The molecule has 0 amide bonds. The van der Waals surface area contributed by atoms with E-state index in [1.165, 1.54) is 16.3 Å². The van der Waals surface area contributed by atoms with Crippen molar-refractivity contribution in [3.8, 4) is 0 Å². The van der Waals surface area contributed by atoms with Crippen LogP contribution >= 0.6 is 15.9 Å². The maximum absolute atomic E-state index is 5.97. The Morgan fingerprint density at radius 3 is 2.38 bits per heavy atom. The molecule has 0 radical (unpaired) electrons. The molecule has 0 saturated carbocycles. The van der Waals surface area contributed by atoms with Crippen molar-refractivity contribution in [2.24, 2.45) is 5.73 Å². The second-order valence-corrected chi connectivity index (χ2v) is 5.87. The highest BCUT2D eigenvalue weighted by molar-refractivity contribution is 9.10. The second kappa shape index (κ2) is 6.29. The van der Waals surface area contributed by atoms with Gasteiger partial charge in [0.25, 0.3) is 0 Å². The van der Waals surface area contributed by atoms with Gasteiger partial charge in [-0.1, -0.05) is 48.5 Å². The van der Waals surface area contributed by atoms with Crippen LogP contribution in [-0.2, 0) is 0 Å². The number of anilines is 1. The Hall–Kier alpha value is -1.84. The number of fused-ring (bicyclic) bond motifs is 1. The first-order chi connectivity index (χ1) is 10.3. The van der Waals surface area contributed by atoms with Gasteiger partial charge in [0, 0.05) is 16.7 Å². The SMILES string of the molecule is NCC(Nc1ccccc1Br)c1ccc2ccccc2c1. The van der Waals surface area contributed by atoms with E-state index in [0.717, 1.165) is 10.2 Å². The first kappa shape index (κ1) is 14.1. The summed E-state index contributed by atoms with van der Waals surface area (Å²) in [5, 5.41) is 5.99. The molecule has 0 heterocycles. The fourth-order valence-corrected chi connectivity index (χ4v) is 2.87. The van der Waals surface area contributed by atoms with Crippen LogP contribution in [0.25, 0.3) is 10.8 Å². The molecule has 3 N–H and O–H groups in total. The molecule has 1 unspecified atom stereocenters. The first-order valence-electron chi connectivity index (χ1n) is 6.98. The lowest BCUT2D eigenvalue weighted by Crippen LogP contribution is -2.20. The number of halogens is 1. The summed E-state index contributed by atoms with van der Waals surface area (Å²) in [5.41, 5.74) is 8.23. The van der Waals surface area contributed by atoms with E-state index in [9.17, 15) is 0 Å². The van der Waals surface area contributed by atoms with Crippen molar-refractivity contribution in [1.29, 1.82) is 0 Å². The van der Waals surface area contributed by atoms with Gasteiger partial charge in [-0.05, 0) is 50.5 Å². The molecular formula is C18H17BrN2. The van der Waals surface area contributed by atoms with Crippen molar-refractivity contribution in [3.63, 3.8) is 0 Å². The van der Waals surface area contributed by atoms with E-state index in [-0.39, 0.29) is 6.04 Å². The monoisotopic (exact) mass is 340 g/mol. The van der Waals surface area contributed by atoms with Crippen LogP contribution in [0.4, 0.5) is 5.69 Å². The van der Waals surface area contributed by atoms with Crippen molar-refractivity contribution >= 4 is 32.4 Å². The van der Waals surface area contributed by atoms with E-state index in [0.29, 0.717) is 6.54 Å². The predicted molar refractivity (Wildman–Crippen MR) is 93.5 cm³/mol. The minimum absolute atomic E-state index is 0.0910. The minimum atomic E-state index is 0.0910. The fourth-order valence-electron chi connectivity index (χ4n) is 2.47. The van der Waals surface area contributed by atoms with Gasteiger partial charge in [-0.3, -0.25) is 0 Å². The van der Waals surface area contributed by atoms with Crippen molar-refractivity contribution in [1.82, 2.24) is 0 Å². The van der Waals surface area contributed by atoms with Crippen LogP contribution in [0.3, 0.4) is 0 Å². The first-order valence-corrected chi connectivity index (χ1v) is 7.77. The molecule has 0 aliphatic rings. The van der Waals surface area contributed by atoms with E-state index in [4.69, 9.17) is 5.73 Å². The highest BCUT2D eigenvalue weighted by Crippen LogP contribution is 2.27. The van der Waals surface area contributed by atoms with Gasteiger partial charge >= 0.3 is 0 Å². The third-order valence-electron chi connectivity index (χ3n) is 3.62. The predicted octanol–water partition coefficient (Wildman–Crippen LogP) is 4.71. The summed E-state index contributed by atoms with van der Waals surface area (Å²) in [5.74, 6) is 0. The molecule has 2 nitrogen and oxygen atoms in total. The summed E-state index contributed by atoms with van der Waals surface area (Å²) in [6, 6.07) is 23.0. The Balaban J connectivity index is 1.93. The number of nitrogens with one attached hydrogen (secondary N) is 1. The summed E-state index contributed by atoms with van der Waals surface area (Å²) < 4.78 is 1.05. The number of rotatable bonds is 4. The maximum Gasteiger partial charge on any atom is 0.0636 e. The molecule has 21 heavy (non-hydrogen) atoms. The molecule has 0 bridgehead atoms. The number of hydrogen-bond donors (Lipinski definition) is 2. The summed E-state index contributed by atoms with van der Waals surface area (Å²) in [6.45, 7) is 0.541. The third-order valence-corrected chi connectivity index (χ3v) is 4.31. The van der Waals surface area contributed by atoms with Gasteiger partial charge in [-0.2, -0.15) is 0 Å². The zero-order valence-electron chi connectivity index (χ0n) is 11.6. The lowest BCUT2D eigenvalue weighted by Gasteiger charge is -2.20. The lowest BCUT2D eigenvalue weighted by molar-refractivity contribution is 0.790. The highest BCUT2D eigenvalue weighted by Gasteiger charge is 2.11.